The van der Waals surface area contributed by atoms with E-state index in [4.69, 9.17) is 0 Å². The summed E-state index contributed by atoms with van der Waals surface area (Å²) in [6.07, 6.45) is 9.33. The summed E-state index contributed by atoms with van der Waals surface area (Å²) >= 11 is -1.60. The van der Waals surface area contributed by atoms with Crippen LogP contribution in [-0.4, -0.2) is 28.7 Å². The summed E-state index contributed by atoms with van der Waals surface area (Å²) in [7, 11) is 0. The summed E-state index contributed by atoms with van der Waals surface area (Å²) in [5, 5.41) is 0. The van der Waals surface area contributed by atoms with Crippen LogP contribution >= 0.6 is 0 Å². The Morgan fingerprint density at radius 2 is 0.958 bits per heavy atom. The molecule has 2 aliphatic carbocycles. The Kier molecular flexibility index (Phi) is 5.88. The average molecular weight is 436 g/mol. The zero-order valence-electron chi connectivity index (χ0n) is 15.1. The van der Waals surface area contributed by atoms with Gasteiger partial charge in [-0.05, 0) is 0 Å². The topological polar surface area (TPSA) is 0 Å². The maximum absolute atomic E-state index is 2.44. The van der Waals surface area contributed by atoms with E-state index in [9.17, 15) is 0 Å². The molecule has 2 radical (unpaired) electrons. The molecule has 0 aliphatic heterocycles. The number of rotatable bonds is 2. The second-order valence-electron chi connectivity index (χ2n) is 7.09. The molecule has 0 saturated heterocycles. The molecule has 0 amide bonds. The zero-order chi connectivity index (χ0) is 17.1. The van der Waals surface area contributed by atoms with E-state index in [2.05, 4.69) is 95.9 Å². The fraction of sp³-hybridized carbons (Fsp3) is 0.273. The van der Waals surface area contributed by atoms with Crippen LogP contribution in [0.1, 0.15) is 31.8 Å². The van der Waals surface area contributed by atoms with Gasteiger partial charge in [0.05, 0.1) is 0 Å². The predicted molar refractivity (Wildman–Crippen MR) is 111 cm³/mol. The summed E-state index contributed by atoms with van der Waals surface area (Å²) in [6.45, 7) is 0. The Balaban J connectivity index is 0.000000141. The van der Waals surface area contributed by atoms with Crippen LogP contribution in [0, 0.1) is 0 Å². The van der Waals surface area contributed by atoms with Crippen molar-refractivity contribution < 1.29 is 0 Å². The minimum atomic E-state index is -0.799. The van der Waals surface area contributed by atoms with Crippen LogP contribution in [0.4, 0.5) is 0 Å². The van der Waals surface area contributed by atoms with Gasteiger partial charge in [0.2, 0.25) is 0 Å². The van der Waals surface area contributed by atoms with Gasteiger partial charge in [-0.1, -0.05) is 0 Å². The molecule has 0 saturated carbocycles. The Bertz CT molecular complexity index is 691. The van der Waals surface area contributed by atoms with Gasteiger partial charge in [0.25, 0.3) is 0 Å². The Morgan fingerprint density at radius 1 is 0.583 bits per heavy atom. The van der Waals surface area contributed by atoms with E-state index >= 15 is 0 Å². The molecule has 122 valence electrons. The molecule has 2 atom stereocenters. The van der Waals surface area contributed by atoms with Crippen molar-refractivity contribution in [1.29, 1.82) is 0 Å². The fourth-order valence-electron chi connectivity index (χ4n) is 3.51. The third-order valence-electron chi connectivity index (χ3n) is 4.84. The summed E-state index contributed by atoms with van der Waals surface area (Å²) < 4.78 is 1.61. The van der Waals surface area contributed by atoms with Crippen LogP contribution in [0.15, 0.2) is 60.7 Å². The first kappa shape index (κ1) is 17.8. The molecule has 24 heavy (non-hydrogen) atoms. The standard InChI is InChI=1S/2C11H13Ge/c2*1-12(2)11-8-7-9-5-3-4-6-10(9)11/h2*3-8,11H,1-2H3/t2*11-/m10/s1. The first-order chi connectivity index (χ1) is 11.6. The number of hydrogen-bond donors (Lipinski definition) is 0. The molecule has 0 fully saturated rings. The van der Waals surface area contributed by atoms with Crippen molar-refractivity contribution in [3.63, 3.8) is 0 Å². The number of hydrogen-bond acceptors (Lipinski definition) is 0. The van der Waals surface area contributed by atoms with Gasteiger partial charge < -0.3 is 0 Å². The Labute approximate surface area is 155 Å². The van der Waals surface area contributed by atoms with Gasteiger partial charge in [-0.3, -0.25) is 0 Å². The monoisotopic (exact) mass is 438 g/mol. The molecule has 4 rings (SSSR count). The van der Waals surface area contributed by atoms with Gasteiger partial charge >= 0.3 is 156 Å². The second-order valence-corrected chi connectivity index (χ2v) is 18.7. The van der Waals surface area contributed by atoms with Crippen molar-refractivity contribution in [3.8, 4) is 0 Å². The summed E-state index contributed by atoms with van der Waals surface area (Å²) in [4.78, 5) is 0. The van der Waals surface area contributed by atoms with Crippen LogP contribution < -0.4 is 0 Å². The molecule has 0 nitrogen and oxygen atoms in total. The van der Waals surface area contributed by atoms with Crippen molar-refractivity contribution in [2.45, 2.75) is 32.5 Å². The molecule has 0 unspecified atom stereocenters. The molecule has 0 bridgehead atoms. The van der Waals surface area contributed by atoms with Gasteiger partial charge in [0.1, 0.15) is 0 Å². The molecule has 0 heterocycles. The van der Waals surface area contributed by atoms with Crippen LogP contribution in [-0.2, 0) is 0 Å². The van der Waals surface area contributed by atoms with E-state index < -0.39 is 28.7 Å². The maximum atomic E-state index is 2.44. The van der Waals surface area contributed by atoms with Gasteiger partial charge in [-0.2, -0.15) is 0 Å². The van der Waals surface area contributed by atoms with Crippen LogP contribution in [0.5, 0.6) is 0 Å². The summed E-state index contributed by atoms with van der Waals surface area (Å²) in [5.74, 6) is 9.77. The van der Waals surface area contributed by atoms with E-state index in [1.807, 2.05) is 0 Å². The number of fused-ring (bicyclic) bond motifs is 2. The molecule has 2 heteroatoms. The van der Waals surface area contributed by atoms with Crippen molar-refractivity contribution in [3.05, 3.63) is 82.9 Å². The third kappa shape index (κ3) is 3.80. The van der Waals surface area contributed by atoms with Crippen LogP contribution in [0.25, 0.3) is 12.2 Å². The Morgan fingerprint density at radius 3 is 1.33 bits per heavy atom. The van der Waals surface area contributed by atoms with Gasteiger partial charge in [0.15, 0.2) is 0 Å². The fourth-order valence-corrected chi connectivity index (χ4v) is 9.24. The zero-order valence-corrected chi connectivity index (χ0v) is 19.3. The molecule has 2 aromatic rings. The van der Waals surface area contributed by atoms with Crippen LogP contribution in [0.3, 0.4) is 0 Å². The number of benzene rings is 2. The molecular weight excluding hydrogens is 409 g/mol. The SMILES string of the molecule is [CH3][Ge]([CH3])[C@@H]1C=Cc2ccccc21.[CH3][Ge]([CH3])[C@H]1C=Cc2ccccc21. The molecule has 0 N–H and O–H groups in total. The average Bonchev–Trinajstić information content (AvgIpc) is 3.19. The van der Waals surface area contributed by atoms with E-state index in [-0.39, 0.29) is 0 Å². The van der Waals surface area contributed by atoms with Crippen molar-refractivity contribution in [1.82, 2.24) is 0 Å². The molecule has 2 aromatic carbocycles. The third-order valence-corrected chi connectivity index (χ3v) is 12.2. The van der Waals surface area contributed by atoms with Crippen LogP contribution in [0.2, 0.25) is 23.0 Å². The van der Waals surface area contributed by atoms with E-state index in [1.54, 1.807) is 11.1 Å². The quantitative estimate of drug-likeness (QED) is 0.494. The van der Waals surface area contributed by atoms with Crippen molar-refractivity contribution >= 4 is 40.8 Å². The van der Waals surface area contributed by atoms with Gasteiger partial charge in [-0.15, -0.1) is 0 Å². The molecular formula is C22H26Ge2. The van der Waals surface area contributed by atoms with E-state index in [1.165, 1.54) is 11.1 Å². The summed E-state index contributed by atoms with van der Waals surface area (Å²) in [5.41, 5.74) is 6.02. The molecule has 0 spiro atoms. The Hall–Kier alpha value is -0.994. The molecule has 0 aromatic heterocycles. The van der Waals surface area contributed by atoms with E-state index in [0.717, 1.165) is 9.50 Å². The summed E-state index contributed by atoms with van der Waals surface area (Å²) in [6, 6.07) is 17.5. The molecule has 2 aliphatic rings. The van der Waals surface area contributed by atoms with Crippen molar-refractivity contribution in [2.24, 2.45) is 0 Å². The second kappa shape index (κ2) is 7.92. The predicted octanol–water partition coefficient (Wildman–Crippen LogP) is 6.18. The first-order valence-electron chi connectivity index (χ1n) is 8.72. The van der Waals surface area contributed by atoms with E-state index in [0.29, 0.717) is 0 Å². The first-order valence-corrected chi connectivity index (χ1v) is 19.5. The van der Waals surface area contributed by atoms with Gasteiger partial charge in [-0.25, -0.2) is 0 Å². The normalized spacial score (nSPS) is 20.1. The van der Waals surface area contributed by atoms with Gasteiger partial charge in [0, 0.05) is 0 Å². The number of allylic oxidation sites excluding steroid dienone is 2. The minimum absolute atomic E-state index is 0.799. The van der Waals surface area contributed by atoms with Crippen molar-refractivity contribution in [2.75, 3.05) is 0 Å².